The van der Waals surface area contributed by atoms with E-state index in [0.29, 0.717) is 30.3 Å². The molecular formula is C34H56N2O7. The summed E-state index contributed by atoms with van der Waals surface area (Å²) in [5.41, 5.74) is 5.86. The van der Waals surface area contributed by atoms with Crippen LogP contribution in [0.2, 0.25) is 0 Å². The van der Waals surface area contributed by atoms with Crippen molar-refractivity contribution in [3.05, 3.63) is 11.6 Å². The van der Waals surface area contributed by atoms with E-state index >= 15 is 0 Å². The summed E-state index contributed by atoms with van der Waals surface area (Å²) in [5.74, 6) is -0.380. The van der Waals surface area contributed by atoms with E-state index in [-0.39, 0.29) is 48.9 Å². The molecule has 0 amide bonds. The third kappa shape index (κ3) is 7.39. The summed E-state index contributed by atoms with van der Waals surface area (Å²) in [6.45, 7) is 6.28. The largest absolute Gasteiger partial charge is 0.456 e. The highest BCUT2D eigenvalue weighted by Gasteiger charge is 2.61. The fraction of sp³-hybridized carbons (Fsp3) is 0.882. The van der Waals surface area contributed by atoms with Crippen LogP contribution in [0.4, 0.5) is 0 Å². The number of ether oxygens (including phenoxy) is 3. The van der Waals surface area contributed by atoms with E-state index in [9.17, 15) is 19.8 Å². The van der Waals surface area contributed by atoms with Gasteiger partial charge in [0.2, 0.25) is 0 Å². The highest BCUT2D eigenvalue weighted by molar-refractivity contribution is 5.87. The van der Waals surface area contributed by atoms with E-state index in [0.717, 1.165) is 38.6 Å². The number of Topliss-reactive ketones (excluding diaryl/α,β-unsaturated/α-hetero) is 1. The highest BCUT2D eigenvalue weighted by atomic mass is 16.6. The zero-order valence-corrected chi connectivity index (χ0v) is 26.5. The first-order chi connectivity index (χ1) is 20.6. The molecule has 2 aliphatic carbocycles. The quantitative estimate of drug-likeness (QED) is 0.229. The Labute approximate surface area is 257 Å². The van der Waals surface area contributed by atoms with Gasteiger partial charge in [0.05, 0.1) is 43.1 Å². The molecule has 2 saturated carbocycles. The predicted octanol–water partition coefficient (Wildman–Crippen LogP) is 3.78. The van der Waals surface area contributed by atoms with E-state index in [1.54, 1.807) is 13.0 Å². The lowest BCUT2D eigenvalue weighted by atomic mass is 9.61. The molecule has 5 N–H and O–H groups in total. The molecule has 9 heteroatoms. The molecule has 3 heterocycles. The lowest BCUT2D eigenvalue weighted by Gasteiger charge is -2.58. The van der Waals surface area contributed by atoms with Crippen molar-refractivity contribution < 1.29 is 34.0 Å². The van der Waals surface area contributed by atoms with Gasteiger partial charge in [-0.15, -0.1) is 0 Å². The zero-order valence-electron chi connectivity index (χ0n) is 26.5. The maximum Gasteiger partial charge on any atom is 0.333 e. The number of hydrogen-bond acceptors (Lipinski definition) is 9. The van der Waals surface area contributed by atoms with E-state index in [1.165, 1.54) is 32.1 Å². The Balaban J connectivity index is 1.42. The number of ketones is 1. The van der Waals surface area contributed by atoms with Crippen LogP contribution in [-0.4, -0.2) is 77.4 Å². The standard InChI is InChI=1S/C34H56N2O7/c1-4-20(2)33(40)42-27-17-25-30(39)29-26(38)16-23(19-37)41-32(29)24(12-10-21-8-6-5-7-9-21)31(25)43-34(27,3)15-14-22-11-13-28(35)36-18-22/h4,21-25,27-32,36-37,39H,5-19,35H2,1-3H3/t22?,23?,24?,25?,27-,28?,29?,30?,31?,32?,34-/m0/s1. The molecule has 5 fully saturated rings. The van der Waals surface area contributed by atoms with E-state index in [1.807, 2.05) is 6.92 Å². The molecule has 3 saturated heterocycles. The van der Waals surface area contributed by atoms with E-state index in [4.69, 9.17) is 19.9 Å². The molecule has 11 atom stereocenters. The van der Waals surface area contributed by atoms with Crippen LogP contribution in [0.25, 0.3) is 0 Å². The van der Waals surface area contributed by atoms with Crippen molar-refractivity contribution >= 4 is 11.8 Å². The maximum absolute atomic E-state index is 13.5. The van der Waals surface area contributed by atoms with Crippen LogP contribution in [0.3, 0.4) is 0 Å². The van der Waals surface area contributed by atoms with Crippen molar-refractivity contribution in [1.29, 1.82) is 0 Å². The number of aliphatic hydroxyl groups is 2. The fourth-order valence-corrected chi connectivity index (χ4v) is 8.69. The maximum atomic E-state index is 13.5. The van der Waals surface area contributed by atoms with Crippen LogP contribution in [0.15, 0.2) is 11.6 Å². The van der Waals surface area contributed by atoms with E-state index < -0.39 is 35.9 Å². The van der Waals surface area contributed by atoms with Gasteiger partial charge in [0.25, 0.3) is 0 Å². The molecule has 0 aromatic carbocycles. The number of esters is 1. The first-order valence-electron chi connectivity index (χ1n) is 17.1. The Hall–Kier alpha value is -1.36. The molecule has 9 unspecified atom stereocenters. The number of hydrogen-bond donors (Lipinski definition) is 4. The number of fused-ring (bicyclic) bond motifs is 2. The molecule has 0 radical (unpaired) electrons. The van der Waals surface area contributed by atoms with Crippen molar-refractivity contribution in [3.63, 3.8) is 0 Å². The van der Waals surface area contributed by atoms with Gasteiger partial charge in [-0.25, -0.2) is 4.79 Å². The normalized spacial score (nSPS) is 42.7. The van der Waals surface area contributed by atoms with Gasteiger partial charge < -0.3 is 35.5 Å². The number of allylic oxidation sites excluding steroid dienone is 1. The van der Waals surface area contributed by atoms with Gasteiger partial charge >= 0.3 is 5.97 Å². The number of piperidine rings is 1. The molecule has 5 rings (SSSR count). The van der Waals surface area contributed by atoms with Gasteiger partial charge in [-0.3, -0.25) is 4.79 Å². The van der Waals surface area contributed by atoms with Crippen molar-refractivity contribution in [2.75, 3.05) is 13.2 Å². The number of carbonyl (C=O) groups is 2. The minimum absolute atomic E-state index is 0.0404. The van der Waals surface area contributed by atoms with E-state index in [2.05, 4.69) is 12.2 Å². The number of aliphatic hydroxyl groups excluding tert-OH is 2. The topological polar surface area (TPSA) is 140 Å². The molecular weight excluding hydrogens is 548 g/mol. The van der Waals surface area contributed by atoms with Gasteiger partial charge in [0.1, 0.15) is 17.5 Å². The average Bonchev–Trinajstić information content (AvgIpc) is 3.01. The van der Waals surface area contributed by atoms with Gasteiger partial charge in [-0.1, -0.05) is 38.2 Å². The molecule has 0 aromatic rings. The van der Waals surface area contributed by atoms with Crippen LogP contribution in [0.1, 0.15) is 104 Å². The van der Waals surface area contributed by atoms with Gasteiger partial charge in [0, 0.05) is 23.8 Å². The minimum atomic E-state index is -0.953. The first kappa shape index (κ1) is 33.0. The van der Waals surface area contributed by atoms with Crippen molar-refractivity contribution in [1.82, 2.24) is 5.32 Å². The van der Waals surface area contributed by atoms with Crippen LogP contribution in [0, 0.1) is 29.6 Å². The Kier molecular flexibility index (Phi) is 11.0. The summed E-state index contributed by atoms with van der Waals surface area (Å²) in [7, 11) is 0. The monoisotopic (exact) mass is 604 g/mol. The third-order valence-corrected chi connectivity index (χ3v) is 11.6. The summed E-state index contributed by atoms with van der Waals surface area (Å²) in [5, 5.41) is 25.1. The predicted molar refractivity (Wildman–Crippen MR) is 163 cm³/mol. The zero-order chi connectivity index (χ0) is 30.7. The summed E-state index contributed by atoms with van der Waals surface area (Å²) in [4.78, 5) is 26.5. The number of nitrogens with two attached hydrogens (primary N) is 1. The van der Waals surface area contributed by atoms with Gasteiger partial charge in [-0.05, 0) is 84.1 Å². The summed E-state index contributed by atoms with van der Waals surface area (Å²) >= 11 is 0. The van der Waals surface area contributed by atoms with Gasteiger partial charge in [0.15, 0.2) is 0 Å². The van der Waals surface area contributed by atoms with Crippen LogP contribution in [0.5, 0.6) is 0 Å². The molecule has 5 aliphatic rings. The second kappa shape index (κ2) is 14.4. The minimum Gasteiger partial charge on any atom is -0.456 e. The lowest BCUT2D eigenvalue weighted by molar-refractivity contribution is -0.285. The SMILES string of the molecule is CC=C(C)C(=O)O[C@H]1CC2C(O)C3C(=O)CC(CO)OC3C(CCC3CCCCC3)C2O[C@@]1(C)CCC1CCC(N)NC1. The van der Waals surface area contributed by atoms with Crippen LogP contribution >= 0.6 is 0 Å². The Morgan fingerprint density at radius 1 is 1.12 bits per heavy atom. The van der Waals surface area contributed by atoms with Crippen molar-refractivity contribution in [2.45, 2.75) is 147 Å². The molecule has 0 bridgehead atoms. The van der Waals surface area contributed by atoms with Gasteiger partial charge in [-0.2, -0.15) is 0 Å². The third-order valence-electron chi connectivity index (χ3n) is 11.6. The Bertz CT molecular complexity index is 991. The molecule has 244 valence electrons. The number of nitrogens with one attached hydrogen (secondary N) is 1. The lowest BCUT2D eigenvalue weighted by Crippen LogP contribution is -2.67. The molecule has 0 aromatic heterocycles. The second-order valence-electron chi connectivity index (χ2n) is 14.5. The Morgan fingerprint density at radius 3 is 2.56 bits per heavy atom. The summed E-state index contributed by atoms with van der Waals surface area (Å²) in [6.07, 6.45) is 11.3. The first-order valence-corrected chi connectivity index (χ1v) is 17.1. The number of carbonyl (C=O) groups excluding carboxylic acids is 2. The average molecular weight is 605 g/mol. The number of rotatable bonds is 9. The molecule has 43 heavy (non-hydrogen) atoms. The Morgan fingerprint density at radius 2 is 1.88 bits per heavy atom. The summed E-state index contributed by atoms with van der Waals surface area (Å²) in [6, 6.07) is 0. The fourth-order valence-electron chi connectivity index (χ4n) is 8.69. The highest BCUT2D eigenvalue weighted by Crippen LogP contribution is 2.51. The van der Waals surface area contributed by atoms with Crippen LogP contribution in [-0.2, 0) is 23.8 Å². The van der Waals surface area contributed by atoms with Crippen molar-refractivity contribution in [3.8, 4) is 0 Å². The smallest absolute Gasteiger partial charge is 0.333 e. The summed E-state index contributed by atoms with van der Waals surface area (Å²) < 4.78 is 19.7. The molecule has 9 nitrogen and oxygen atoms in total. The second-order valence-corrected chi connectivity index (χ2v) is 14.5. The van der Waals surface area contributed by atoms with Crippen LogP contribution < -0.4 is 11.1 Å². The molecule has 0 spiro atoms. The van der Waals surface area contributed by atoms with Crippen molar-refractivity contribution in [2.24, 2.45) is 35.3 Å². The molecule has 3 aliphatic heterocycles.